The number of alkyl halides is 2. The van der Waals surface area contributed by atoms with Crippen molar-refractivity contribution in [1.82, 2.24) is 9.55 Å². The molecule has 2 aromatic heterocycles. The second kappa shape index (κ2) is 3.17. The maximum absolute atomic E-state index is 12.4. The average Bonchev–Trinajstić information content (AvgIpc) is 2.59. The van der Waals surface area contributed by atoms with Gasteiger partial charge in [0.05, 0.1) is 0 Å². The second-order valence-corrected chi connectivity index (χ2v) is 2.80. The number of aromatic nitrogens is 2. The zero-order valence-corrected chi connectivity index (χ0v) is 7.02. The number of pyridine rings is 1. The smallest absolute Gasteiger partial charge is 0.298 e. The van der Waals surface area contributed by atoms with E-state index in [0.29, 0.717) is 17.2 Å². The Kier molecular flexibility index (Phi) is 1.99. The minimum Gasteiger partial charge on any atom is -0.298 e. The summed E-state index contributed by atoms with van der Waals surface area (Å²) in [6.45, 7) is -2.61. The Bertz CT molecular complexity index is 479. The van der Waals surface area contributed by atoms with Crippen LogP contribution in [0.4, 0.5) is 8.78 Å². The van der Waals surface area contributed by atoms with Crippen LogP contribution in [0.1, 0.15) is 16.9 Å². The SMILES string of the molecule is O=Cc1cnc2c(ccn2C(F)F)c1. The van der Waals surface area contributed by atoms with Crippen molar-refractivity contribution in [3.05, 3.63) is 30.1 Å². The highest BCUT2D eigenvalue weighted by molar-refractivity contribution is 5.84. The summed E-state index contributed by atoms with van der Waals surface area (Å²) >= 11 is 0. The quantitative estimate of drug-likeness (QED) is 0.690. The van der Waals surface area contributed by atoms with Crippen molar-refractivity contribution in [3.63, 3.8) is 0 Å². The predicted octanol–water partition coefficient (Wildman–Crippen LogP) is 2.24. The molecular formula is C9H6F2N2O. The fourth-order valence-electron chi connectivity index (χ4n) is 1.28. The van der Waals surface area contributed by atoms with Gasteiger partial charge in [-0.2, -0.15) is 8.78 Å². The first-order valence-corrected chi connectivity index (χ1v) is 3.92. The van der Waals surface area contributed by atoms with Crippen LogP contribution >= 0.6 is 0 Å². The molecule has 0 unspecified atom stereocenters. The largest absolute Gasteiger partial charge is 0.320 e. The van der Waals surface area contributed by atoms with Gasteiger partial charge >= 0.3 is 6.55 Å². The lowest BCUT2D eigenvalue weighted by Gasteiger charge is -2.01. The maximum atomic E-state index is 12.4. The first-order chi connectivity index (χ1) is 6.72. The van der Waals surface area contributed by atoms with Gasteiger partial charge in [-0.3, -0.25) is 9.36 Å². The van der Waals surface area contributed by atoms with E-state index in [2.05, 4.69) is 4.98 Å². The van der Waals surface area contributed by atoms with Crippen LogP contribution in [0.25, 0.3) is 11.0 Å². The first-order valence-electron chi connectivity index (χ1n) is 3.92. The normalized spacial score (nSPS) is 11.1. The molecule has 0 saturated heterocycles. The number of hydrogen-bond acceptors (Lipinski definition) is 2. The minimum absolute atomic E-state index is 0.186. The summed E-state index contributed by atoms with van der Waals surface area (Å²) < 4.78 is 25.5. The molecule has 2 heterocycles. The van der Waals surface area contributed by atoms with Crippen molar-refractivity contribution in [2.24, 2.45) is 0 Å². The van der Waals surface area contributed by atoms with Crippen molar-refractivity contribution in [2.75, 3.05) is 0 Å². The van der Waals surface area contributed by atoms with Crippen molar-refractivity contribution in [1.29, 1.82) is 0 Å². The molecule has 0 saturated carbocycles. The van der Waals surface area contributed by atoms with E-state index < -0.39 is 6.55 Å². The van der Waals surface area contributed by atoms with Gasteiger partial charge in [0.15, 0.2) is 6.29 Å². The molecule has 2 aromatic rings. The van der Waals surface area contributed by atoms with E-state index >= 15 is 0 Å². The van der Waals surface area contributed by atoms with E-state index in [1.807, 2.05) is 0 Å². The van der Waals surface area contributed by atoms with Crippen LogP contribution in [0.2, 0.25) is 0 Å². The van der Waals surface area contributed by atoms with E-state index in [1.165, 1.54) is 24.5 Å². The lowest BCUT2D eigenvalue weighted by Crippen LogP contribution is -1.97. The lowest BCUT2D eigenvalue weighted by atomic mass is 10.2. The molecular weight excluding hydrogens is 190 g/mol. The lowest BCUT2D eigenvalue weighted by molar-refractivity contribution is 0.0746. The monoisotopic (exact) mass is 196 g/mol. The highest BCUT2D eigenvalue weighted by atomic mass is 19.3. The van der Waals surface area contributed by atoms with E-state index in [4.69, 9.17) is 0 Å². The van der Waals surface area contributed by atoms with Crippen molar-refractivity contribution in [2.45, 2.75) is 6.55 Å². The molecule has 0 aliphatic rings. The van der Waals surface area contributed by atoms with Crippen LogP contribution in [0.5, 0.6) is 0 Å². The summed E-state index contributed by atoms with van der Waals surface area (Å²) in [5, 5.41) is 0.537. The number of aldehydes is 1. The molecule has 14 heavy (non-hydrogen) atoms. The Labute approximate surface area is 78.0 Å². The summed E-state index contributed by atoms with van der Waals surface area (Å²) in [4.78, 5) is 14.2. The molecule has 2 rings (SSSR count). The third-order valence-corrected chi connectivity index (χ3v) is 1.92. The van der Waals surface area contributed by atoms with E-state index in [-0.39, 0.29) is 5.65 Å². The molecule has 0 aromatic carbocycles. The van der Waals surface area contributed by atoms with Crippen LogP contribution in [0, 0.1) is 0 Å². The van der Waals surface area contributed by atoms with Crippen LogP contribution in [-0.4, -0.2) is 15.8 Å². The molecule has 0 aliphatic heterocycles. The van der Waals surface area contributed by atoms with Crippen LogP contribution < -0.4 is 0 Å². The highest BCUT2D eigenvalue weighted by Crippen LogP contribution is 2.20. The van der Waals surface area contributed by atoms with Gasteiger partial charge in [-0.05, 0) is 12.1 Å². The summed E-state index contributed by atoms with van der Waals surface area (Å²) in [5.74, 6) is 0. The fraction of sp³-hybridized carbons (Fsp3) is 0.111. The van der Waals surface area contributed by atoms with Crippen molar-refractivity contribution < 1.29 is 13.6 Å². The van der Waals surface area contributed by atoms with Gasteiger partial charge < -0.3 is 0 Å². The molecule has 0 N–H and O–H groups in total. The Hall–Kier alpha value is -1.78. The van der Waals surface area contributed by atoms with Crippen molar-refractivity contribution >= 4 is 17.3 Å². The molecule has 5 heteroatoms. The number of fused-ring (bicyclic) bond motifs is 1. The number of rotatable bonds is 2. The van der Waals surface area contributed by atoms with Gasteiger partial charge in [-0.25, -0.2) is 4.98 Å². The third kappa shape index (κ3) is 1.26. The standard InChI is InChI=1S/C9H6F2N2O/c10-9(11)13-2-1-7-3-6(5-14)4-12-8(7)13/h1-5,9H. The second-order valence-electron chi connectivity index (χ2n) is 2.80. The van der Waals surface area contributed by atoms with E-state index in [9.17, 15) is 13.6 Å². The Balaban J connectivity index is 2.65. The zero-order valence-electron chi connectivity index (χ0n) is 7.02. The Morgan fingerprint density at radius 3 is 2.93 bits per heavy atom. The number of nitrogens with zero attached hydrogens (tertiary/aromatic N) is 2. The molecule has 0 atom stereocenters. The van der Waals surface area contributed by atoms with Crippen LogP contribution in [0.3, 0.4) is 0 Å². The average molecular weight is 196 g/mol. The molecule has 0 fully saturated rings. The minimum atomic E-state index is -2.61. The zero-order chi connectivity index (χ0) is 10.1. The summed E-state index contributed by atoms with van der Waals surface area (Å²) in [5.41, 5.74) is 0.565. The van der Waals surface area contributed by atoms with E-state index in [0.717, 1.165) is 4.57 Å². The highest BCUT2D eigenvalue weighted by Gasteiger charge is 2.10. The molecule has 0 bridgehead atoms. The molecule has 0 amide bonds. The number of hydrogen-bond donors (Lipinski definition) is 0. The molecule has 0 spiro atoms. The van der Waals surface area contributed by atoms with Crippen LogP contribution in [-0.2, 0) is 0 Å². The van der Waals surface area contributed by atoms with Crippen LogP contribution in [0.15, 0.2) is 24.5 Å². The maximum Gasteiger partial charge on any atom is 0.320 e. The molecule has 3 nitrogen and oxygen atoms in total. The van der Waals surface area contributed by atoms with Gasteiger partial charge in [-0.15, -0.1) is 0 Å². The number of halogens is 2. The van der Waals surface area contributed by atoms with Crippen molar-refractivity contribution in [3.8, 4) is 0 Å². The van der Waals surface area contributed by atoms with Gasteiger partial charge in [0.25, 0.3) is 0 Å². The summed E-state index contributed by atoms with van der Waals surface area (Å²) in [6, 6.07) is 3.02. The first kappa shape index (κ1) is 8.80. The third-order valence-electron chi connectivity index (χ3n) is 1.92. The molecule has 0 aliphatic carbocycles. The number of carbonyl (C=O) groups is 1. The van der Waals surface area contributed by atoms with E-state index in [1.54, 1.807) is 0 Å². The Morgan fingerprint density at radius 2 is 2.29 bits per heavy atom. The number of carbonyl (C=O) groups excluding carboxylic acids is 1. The van der Waals surface area contributed by atoms with Gasteiger partial charge in [0, 0.05) is 23.3 Å². The molecule has 0 radical (unpaired) electrons. The Morgan fingerprint density at radius 1 is 1.50 bits per heavy atom. The summed E-state index contributed by atoms with van der Waals surface area (Å²) in [7, 11) is 0. The van der Waals surface area contributed by atoms with Gasteiger partial charge in [-0.1, -0.05) is 0 Å². The fourth-order valence-corrected chi connectivity index (χ4v) is 1.28. The summed E-state index contributed by atoms with van der Waals surface area (Å²) in [6.07, 6.45) is 3.15. The predicted molar refractivity (Wildman–Crippen MR) is 46.4 cm³/mol. The van der Waals surface area contributed by atoms with Gasteiger partial charge in [0.2, 0.25) is 0 Å². The molecule has 72 valence electrons. The van der Waals surface area contributed by atoms with Gasteiger partial charge in [0.1, 0.15) is 5.65 Å². The topological polar surface area (TPSA) is 34.9 Å².